The summed E-state index contributed by atoms with van der Waals surface area (Å²) >= 11 is 0. The molecule has 0 radical (unpaired) electrons. The maximum absolute atomic E-state index is 9.09. The summed E-state index contributed by atoms with van der Waals surface area (Å²) in [6, 6.07) is 0. The van der Waals surface area contributed by atoms with E-state index in [9.17, 15) is 0 Å². The summed E-state index contributed by atoms with van der Waals surface area (Å²) in [7, 11) is 0. The minimum atomic E-state index is -0.443. The van der Waals surface area contributed by atoms with Crippen molar-refractivity contribution in [1.82, 2.24) is 0 Å². The summed E-state index contributed by atoms with van der Waals surface area (Å²) in [5, 5.41) is 9.09. The highest BCUT2D eigenvalue weighted by Gasteiger charge is 2.10. The lowest BCUT2D eigenvalue weighted by molar-refractivity contribution is -0.176. The van der Waals surface area contributed by atoms with E-state index in [2.05, 4.69) is 13.8 Å². The molecule has 0 aliphatic carbocycles. The second-order valence-corrected chi connectivity index (χ2v) is 4.26. The van der Waals surface area contributed by atoms with Crippen LogP contribution in [0, 0.1) is 0 Å². The van der Waals surface area contributed by atoms with Gasteiger partial charge in [0.1, 0.15) is 0 Å². The SMILES string of the molecule is CCCCOC(COCC(C)O)OCCCC. The van der Waals surface area contributed by atoms with Crippen LogP contribution in [0.1, 0.15) is 46.5 Å². The number of unbranched alkanes of at least 4 members (excludes halogenated alkanes) is 2. The lowest BCUT2D eigenvalue weighted by atomic mass is 10.3. The molecule has 0 aliphatic rings. The van der Waals surface area contributed by atoms with Crippen LogP contribution in [0.4, 0.5) is 0 Å². The molecular formula is C13H28O4. The fourth-order valence-electron chi connectivity index (χ4n) is 1.20. The molecule has 0 amide bonds. The van der Waals surface area contributed by atoms with Crippen LogP contribution in [0.5, 0.6) is 0 Å². The van der Waals surface area contributed by atoms with Gasteiger partial charge >= 0.3 is 0 Å². The van der Waals surface area contributed by atoms with Gasteiger partial charge < -0.3 is 19.3 Å². The molecule has 0 saturated heterocycles. The van der Waals surface area contributed by atoms with Gasteiger partial charge in [0.15, 0.2) is 6.29 Å². The Morgan fingerprint density at radius 1 is 0.941 bits per heavy atom. The highest BCUT2D eigenvalue weighted by atomic mass is 16.7. The first-order valence-electron chi connectivity index (χ1n) is 6.69. The Morgan fingerprint density at radius 2 is 1.47 bits per heavy atom. The van der Waals surface area contributed by atoms with Gasteiger partial charge in [-0.2, -0.15) is 0 Å². The summed E-state index contributed by atoms with van der Waals surface area (Å²) in [5.41, 5.74) is 0. The van der Waals surface area contributed by atoms with E-state index in [1.807, 2.05) is 0 Å². The van der Waals surface area contributed by atoms with E-state index < -0.39 is 6.10 Å². The van der Waals surface area contributed by atoms with Gasteiger partial charge in [0.25, 0.3) is 0 Å². The van der Waals surface area contributed by atoms with Crippen molar-refractivity contribution in [3.05, 3.63) is 0 Å². The van der Waals surface area contributed by atoms with E-state index in [0.717, 1.165) is 25.7 Å². The Balaban J connectivity index is 3.67. The van der Waals surface area contributed by atoms with Gasteiger partial charge in [0, 0.05) is 13.2 Å². The van der Waals surface area contributed by atoms with Crippen molar-refractivity contribution in [3.63, 3.8) is 0 Å². The Labute approximate surface area is 105 Å². The van der Waals surface area contributed by atoms with Gasteiger partial charge in [-0.3, -0.25) is 0 Å². The van der Waals surface area contributed by atoms with Crippen molar-refractivity contribution in [1.29, 1.82) is 0 Å². The second kappa shape index (κ2) is 12.3. The van der Waals surface area contributed by atoms with Crippen molar-refractivity contribution in [2.45, 2.75) is 58.8 Å². The van der Waals surface area contributed by atoms with Gasteiger partial charge in [-0.15, -0.1) is 0 Å². The minimum absolute atomic E-state index is 0.299. The molecule has 1 atom stereocenters. The molecule has 17 heavy (non-hydrogen) atoms. The summed E-state index contributed by atoms with van der Waals surface area (Å²) in [6.45, 7) is 8.06. The van der Waals surface area contributed by atoms with Crippen LogP contribution in [-0.2, 0) is 14.2 Å². The first-order valence-corrected chi connectivity index (χ1v) is 6.69. The molecule has 1 unspecified atom stereocenters. The maximum Gasteiger partial charge on any atom is 0.180 e. The molecule has 0 aliphatic heterocycles. The average Bonchev–Trinajstić information content (AvgIpc) is 2.28. The van der Waals surface area contributed by atoms with Crippen LogP contribution < -0.4 is 0 Å². The molecule has 0 aromatic carbocycles. The number of aliphatic hydroxyl groups is 1. The summed E-state index contributed by atoms with van der Waals surface area (Å²) in [4.78, 5) is 0. The minimum Gasteiger partial charge on any atom is -0.391 e. The van der Waals surface area contributed by atoms with Crippen LogP contribution in [0.2, 0.25) is 0 Å². The van der Waals surface area contributed by atoms with Crippen molar-refractivity contribution < 1.29 is 19.3 Å². The van der Waals surface area contributed by atoms with E-state index in [0.29, 0.717) is 26.4 Å². The summed E-state index contributed by atoms with van der Waals surface area (Å²) < 4.78 is 16.5. The smallest absolute Gasteiger partial charge is 0.180 e. The molecule has 0 rings (SSSR count). The summed E-state index contributed by atoms with van der Waals surface area (Å²) in [6.07, 6.45) is 3.54. The van der Waals surface area contributed by atoms with Crippen molar-refractivity contribution >= 4 is 0 Å². The second-order valence-electron chi connectivity index (χ2n) is 4.26. The zero-order valence-corrected chi connectivity index (χ0v) is 11.5. The van der Waals surface area contributed by atoms with Crippen molar-refractivity contribution in [2.75, 3.05) is 26.4 Å². The highest BCUT2D eigenvalue weighted by molar-refractivity contribution is 4.47. The highest BCUT2D eigenvalue weighted by Crippen LogP contribution is 2.02. The predicted molar refractivity (Wildman–Crippen MR) is 68.0 cm³/mol. The third-order valence-corrected chi connectivity index (χ3v) is 2.22. The van der Waals surface area contributed by atoms with E-state index >= 15 is 0 Å². The number of hydrogen-bond acceptors (Lipinski definition) is 4. The third kappa shape index (κ3) is 12.1. The Morgan fingerprint density at radius 3 is 1.88 bits per heavy atom. The molecule has 0 bridgehead atoms. The summed E-state index contributed by atoms with van der Waals surface area (Å²) in [5.74, 6) is 0. The van der Waals surface area contributed by atoms with Crippen molar-refractivity contribution in [3.8, 4) is 0 Å². The van der Waals surface area contributed by atoms with Gasteiger partial charge in [-0.25, -0.2) is 0 Å². The first kappa shape index (κ1) is 16.8. The fraction of sp³-hybridized carbons (Fsp3) is 1.00. The molecule has 0 aromatic heterocycles. The molecule has 0 spiro atoms. The number of hydrogen-bond donors (Lipinski definition) is 1. The quantitative estimate of drug-likeness (QED) is 0.425. The number of rotatable bonds is 12. The van der Waals surface area contributed by atoms with Crippen LogP contribution >= 0.6 is 0 Å². The van der Waals surface area contributed by atoms with E-state index in [1.54, 1.807) is 6.92 Å². The number of aliphatic hydroxyl groups excluding tert-OH is 1. The molecule has 0 saturated carbocycles. The van der Waals surface area contributed by atoms with Crippen LogP contribution in [0.25, 0.3) is 0 Å². The topological polar surface area (TPSA) is 47.9 Å². The van der Waals surface area contributed by atoms with Crippen LogP contribution in [-0.4, -0.2) is 43.9 Å². The molecule has 0 fully saturated rings. The molecule has 4 nitrogen and oxygen atoms in total. The van der Waals surface area contributed by atoms with Crippen LogP contribution in [0.15, 0.2) is 0 Å². The monoisotopic (exact) mass is 248 g/mol. The Kier molecular flexibility index (Phi) is 12.2. The predicted octanol–water partition coefficient (Wildman–Crippen LogP) is 2.34. The van der Waals surface area contributed by atoms with E-state index in [-0.39, 0.29) is 6.29 Å². The van der Waals surface area contributed by atoms with Gasteiger partial charge in [-0.05, 0) is 19.8 Å². The molecular weight excluding hydrogens is 220 g/mol. The zero-order chi connectivity index (χ0) is 12.9. The van der Waals surface area contributed by atoms with Gasteiger partial charge in [0.2, 0.25) is 0 Å². The molecule has 0 heterocycles. The molecule has 4 heteroatoms. The maximum atomic E-state index is 9.09. The van der Waals surface area contributed by atoms with Gasteiger partial charge in [0.05, 0.1) is 19.3 Å². The van der Waals surface area contributed by atoms with Crippen LogP contribution in [0.3, 0.4) is 0 Å². The lowest BCUT2D eigenvalue weighted by Crippen LogP contribution is -2.26. The van der Waals surface area contributed by atoms with Gasteiger partial charge in [-0.1, -0.05) is 26.7 Å². The van der Waals surface area contributed by atoms with E-state index in [1.165, 1.54) is 0 Å². The molecule has 0 aromatic rings. The standard InChI is InChI=1S/C13H28O4/c1-4-6-8-16-13(17-9-7-5-2)11-15-10-12(3)14/h12-14H,4-11H2,1-3H3. The number of ether oxygens (including phenoxy) is 3. The largest absolute Gasteiger partial charge is 0.391 e. The molecule has 1 N–H and O–H groups in total. The average molecular weight is 248 g/mol. The Hall–Kier alpha value is -0.160. The zero-order valence-electron chi connectivity index (χ0n) is 11.5. The first-order chi connectivity index (χ1) is 8.20. The lowest BCUT2D eigenvalue weighted by Gasteiger charge is -2.19. The normalized spacial score (nSPS) is 13.2. The third-order valence-electron chi connectivity index (χ3n) is 2.22. The Bertz CT molecular complexity index is 140. The van der Waals surface area contributed by atoms with Crippen molar-refractivity contribution in [2.24, 2.45) is 0 Å². The fourth-order valence-corrected chi connectivity index (χ4v) is 1.20. The van der Waals surface area contributed by atoms with E-state index in [4.69, 9.17) is 19.3 Å². The molecule has 104 valence electrons.